The maximum Gasteiger partial charge on any atom is 0.139 e. The van der Waals surface area contributed by atoms with Crippen LogP contribution < -0.4 is 9.64 Å². The molecule has 0 N–H and O–H groups in total. The van der Waals surface area contributed by atoms with E-state index in [1.165, 1.54) is 33.5 Å². The lowest BCUT2D eigenvalue weighted by Crippen LogP contribution is -2.43. The molecule has 5 nitrogen and oxygen atoms in total. The molecular formula is C35H36N4O. The number of rotatable bonds is 6. The minimum atomic E-state index is 0.0792. The second-order valence-electron chi connectivity index (χ2n) is 11.4. The fourth-order valence-electron chi connectivity index (χ4n) is 6.25. The van der Waals surface area contributed by atoms with Gasteiger partial charge in [0.05, 0.1) is 12.3 Å². The lowest BCUT2D eigenvalue weighted by molar-refractivity contribution is 0.338. The molecule has 40 heavy (non-hydrogen) atoms. The molecule has 3 heterocycles. The molecule has 6 rings (SSSR count). The first-order valence-electron chi connectivity index (χ1n) is 14.3. The molecule has 0 saturated carbocycles. The molecule has 0 radical (unpaired) electrons. The number of aryl methyl sites for hydroxylation is 1. The fourth-order valence-corrected chi connectivity index (χ4v) is 6.25. The van der Waals surface area contributed by atoms with E-state index in [2.05, 4.69) is 73.0 Å². The van der Waals surface area contributed by atoms with Crippen molar-refractivity contribution in [3.63, 3.8) is 0 Å². The van der Waals surface area contributed by atoms with E-state index in [0.717, 1.165) is 72.9 Å². The second-order valence-corrected chi connectivity index (χ2v) is 11.4. The Morgan fingerprint density at radius 1 is 1.00 bits per heavy atom. The Morgan fingerprint density at radius 3 is 2.45 bits per heavy atom. The smallest absolute Gasteiger partial charge is 0.139 e. The van der Waals surface area contributed by atoms with Crippen molar-refractivity contribution in [1.82, 2.24) is 9.97 Å². The van der Waals surface area contributed by atoms with Gasteiger partial charge in [-0.15, -0.1) is 6.42 Å². The van der Waals surface area contributed by atoms with Gasteiger partial charge in [0.15, 0.2) is 0 Å². The first kappa shape index (κ1) is 26.1. The van der Waals surface area contributed by atoms with Gasteiger partial charge in [-0.3, -0.25) is 4.99 Å². The highest BCUT2D eigenvalue weighted by atomic mass is 16.5. The van der Waals surface area contributed by atoms with Crippen LogP contribution in [0, 0.1) is 24.7 Å². The Morgan fingerprint density at radius 2 is 1.75 bits per heavy atom. The number of hydrogen-bond donors (Lipinski definition) is 0. The molecule has 1 fully saturated rings. The van der Waals surface area contributed by atoms with E-state index in [0.29, 0.717) is 6.61 Å². The zero-order valence-corrected chi connectivity index (χ0v) is 23.9. The number of allylic oxidation sites excluding steroid dienone is 3. The van der Waals surface area contributed by atoms with Crippen molar-refractivity contribution in [3.8, 4) is 18.1 Å². The molecule has 0 amide bonds. The van der Waals surface area contributed by atoms with Crippen LogP contribution in [0.25, 0.3) is 17.2 Å². The van der Waals surface area contributed by atoms with Crippen LogP contribution in [0.5, 0.6) is 5.75 Å². The normalized spacial score (nSPS) is 17.8. The number of terminal acetylenes is 1. The van der Waals surface area contributed by atoms with Gasteiger partial charge in [0, 0.05) is 53.9 Å². The summed E-state index contributed by atoms with van der Waals surface area (Å²) in [7, 11) is 0. The summed E-state index contributed by atoms with van der Waals surface area (Å²) in [5.74, 6) is 4.71. The quantitative estimate of drug-likeness (QED) is 0.319. The molecule has 2 aromatic carbocycles. The van der Waals surface area contributed by atoms with Crippen molar-refractivity contribution in [2.24, 2.45) is 10.4 Å². The van der Waals surface area contributed by atoms with Crippen LogP contribution in [0.4, 0.5) is 5.82 Å². The third kappa shape index (κ3) is 4.73. The molecule has 0 atom stereocenters. The van der Waals surface area contributed by atoms with Crippen molar-refractivity contribution >= 4 is 28.8 Å². The van der Waals surface area contributed by atoms with Crippen molar-refractivity contribution in [2.75, 3.05) is 24.6 Å². The highest BCUT2D eigenvalue weighted by Gasteiger charge is 2.38. The maximum atomic E-state index is 5.76. The standard InChI is InChI=1S/C35H36N4O/c1-6-25-8-10-26(11-9-25)28-19-30-31(20-28)36-22-37-34(30)39-16-14-35(5,15-17-39)33-21-29(24(4)38-33)27-12-13-32(40-7-2)23(3)18-27/h1,8-13,18-19,22H,7,14-17,20-21H2,2-5H3. The lowest BCUT2D eigenvalue weighted by Gasteiger charge is -2.40. The van der Waals surface area contributed by atoms with E-state index in [4.69, 9.17) is 21.1 Å². The van der Waals surface area contributed by atoms with Gasteiger partial charge in [0.1, 0.15) is 17.9 Å². The minimum absolute atomic E-state index is 0.0792. The van der Waals surface area contributed by atoms with Gasteiger partial charge in [0.2, 0.25) is 0 Å². The highest BCUT2D eigenvalue weighted by molar-refractivity contribution is 6.03. The Labute approximate surface area is 237 Å². The number of aliphatic imine (C=N–C) groups is 1. The van der Waals surface area contributed by atoms with Gasteiger partial charge in [0.25, 0.3) is 0 Å². The van der Waals surface area contributed by atoms with E-state index < -0.39 is 0 Å². The van der Waals surface area contributed by atoms with E-state index in [-0.39, 0.29) is 5.41 Å². The Balaban J connectivity index is 1.16. The first-order valence-corrected chi connectivity index (χ1v) is 14.3. The molecular weight excluding hydrogens is 492 g/mol. The number of ether oxygens (including phenoxy) is 1. The van der Waals surface area contributed by atoms with Crippen LogP contribution in [0.3, 0.4) is 0 Å². The SMILES string of the molecule is C#Cc1ccc(C2=Cc3c(ncnc3N3CCC(C)(C4=NC(C)=C(c5ccc(OCC)c(C)c5)C4)CC3)C2)cc1. The first-order chi connectivity index (χ1) is 19.4. The summed E-state index contributed by atoms with van der Waals surface area (Å²) >= 11 is 0. The largest absolute Gasteiger partial charge is 0.494 e. The maximum absolute atomic E-state index is 5.76. The predicted molar refractivity (Wildman–Crippen MR) is 165 cm³/mol. The van der Waals surface area contributed by atoms with Crippen molar-refractivity contribution in [1.29, 1.82) is 0 Å². The zero-order chi connectivity index (χ0) is 27.9. The lowest BCUT2D eigenvalue weighted by atomic mass is 9.74. The monoisotopic (exact) mass is 528 g/mol. The fraction of sp³-hybridized carbons (Fsp3) is 0.343. The van der Waals surface area contributed by atoms with Crippen molar-refractivity contribution < 1.29 is 4.74 Å². The number of anilines is 1. The Hall–Kier alpha value is -4.17. The van der Waals surface area contributed by atoms with Crippen molar-refractivity contribution in [3.05, 3.63) is 88.0 Å². The molecule has 3 aromatic rings. The summed E-state index contributed by atoms with van der Waals surface area (Å²) in [5.41, 5.74) is 11.9. The molecule has 0 unspecified atom stereocenters. The van der Waals surface area contributed by atoms with Crippen LogP contribution >= 0.6 is 0 Å². The molecule has 0 bridgehead atoms. The number of fused-ring (bicyclic) bond motifs is 1. The van der Waals surface area contributed by atoms with Gasteiger partial charge < -0.3 is 9.64 Å². The topological polar surface area (TPSA) is 50.6 Å². The van der Waals surface area contributed by atoms with Gasteiger partial charge in [-0.2, -0.15) is 0 Å². The molecule has 5 heteroatoms. The van der Waals surface area contributed by atoms with Crippen LogP contribution in [0.15, 0.2) is 59.5 Å². The second kappa shape index (κ2) is 10.4. The Kier molecular flexibility index (Phi) is 6.80. The average Bonchev–Trinajstić information content (AvgIpc) is 3.59. The van der Waals surface area contributed by atoms with Gasteiger partial charge >= 0.3 is 0 Å². The van der Waals surface area contributed by atoms with Crippen LogP contribution in [-0.4, -0.2) is 35.4 Å². The highest BCUT2D eigenvalue weighted by Crippen LogP contribution is 2.43. The molecule has 1 aromatic heterocycles. The number of benzene rings is 2. The molecule has 1 saturated heterocycles. The summed E-state index contributed by atoms with van der Waals surface area (Å²) in [6.07, 6.45) is 13.4. The predicted octanol–water partition coefficient (Wildman–Crippen LogP) is 7.14. The van der Waals surface area contributed by atoms with Gasteiger partial charge in [-0.05, 0) is 91.8 Å². The molecule has 202 valence electrons. The van der Waals surface area contributed by atoms with E-state index >= 15 is 0 Å². The van der Waals surface area contributed by atoms with Crippen molar-refractivity contribution in [2.45, 2.75) is 53.4 Å². The number of hydrogen-bond acceptors (Lipinski definition) is 5. The molecule has 1 aliphatic carbocycles. The van der Waals surface area contributed by atoms with Crippen LogP contribution in [-0.2, 0) is 6.42 Å². The Bertz CT molecular complexity index is 1600. The number of piperidine rings is 1. The summed E-state index contributed by atoms with van der Waals surface area (Å²) < 4.78 is 5.76. The summed E-state index contributed by atoms with van der Waals surface area (Å²) in [6.45, 7) is 11.3. The van der Waals surface area contributed by atoms with Crippen LogP contribution in [0.2, 0.25) is 0 Å². The van der Waals surface area contributed by atoms with E-state index in [9.17, 15) is 0 Å². The molecule has 0 spiro atoms. The summed E-state index contributed by atoms with van der Waals surface area (Å²) in [6, 6.07) is 14.7. The third-order valence-electron chi connectivity index (χ3n) is 8.81. The van der Waals surface area contributed by atoms with Crippen LogP contribution in [0.1, 0.15) is 73.5 Å². The minimum Gasteiger partial charge on any atom is -0.494 e. The summed E-state index contributed by atoms with van der Waals surface area (Å²) in [4.78, 5) is 17.0. The zero-order valence-electron chi connectivity index (χ0n) is 23.9. The summed E-state index contributed by atoms with van der Waals surface area (Å²) in [5, 5.41) is 0. The average molecular weight is 529 g/mol. The van der Waals surface area contributed by atoms with Gasteiger partial charge in [-0.25, -0.2) is 9.97 Å². The number of aromatic nitrogens is 2. The van der Waals surface area contributed by atoms with Gasteiger partial charge in [-0.1, -0.05) is 31.0 Å². The molecule has 3 aliphatic rings. The number of nitrogens with zero attached hydrogens (tertiary/aromatic N) is 4. The molecule has 2 aliphatic heterocycles. The third-order valence-corrected chi connectivity index (χ3v) is 8.81. The van der Waals surface area contributed by atoms with E-state index in [1.54, 1.807) is 6.33 Å². The van der Waals surface area contributed by atoms with E-state index in [1.807, 2.05) is 19.1 Å².